The van der Waals surface area contributed by atoms with Crippen LogP contribution >= 0.6 is 0 Å². The van der Waals surface area contributed by atoms with Gasteiger partial charge in [-0.15, -0.1) is 11.5 Å². The molecule has 0 aromatic carbocycles. The molecule has 0 spiro atoms. The highest BCUT2D eigenvalue weighted by Gasteiger charge is 1.97. The fourth-order valence-corrected chi connectivity index (χ4v) is 0.859. The van der Waals surface area contributed by atoms with Gasteiger partial charge in [-0.25, -0.2) is 0 Å². The van der Waals surface area contributed by atoms with Gasteiger partial charge in [-0.3, -0.25) is 5.01 Å². The van der Waals surface area contributed by atoms with Gasteiger partial charge in [0.2, 0.25) is 0 Å². The summed E-state index contributed by atoms with van der Waals surface area (Å²) >= 11 is 0. The summed E-state index contributed by atoms with van der Waals surface area (Å²) in [6, 6.07) is 0. The number of unbranched alkanes of at least 4 members (excludes halogenated alkanes) is 2. The van der Waals surface area contributed by atoms with Gasteiger partial charge in [0.1, 0.15) is 0 Å². The summed E-state index contributed by atoms with van der Waals surface area (Å²) in [5.74, 6) is 0. The molecule has 64 valence electrons. The van der Waals surface area contributed by atoms with Crippen molar-refractivity contribution in [3.63, 3.8) is 0 Å². The Balaban J connectivity index is 3.35. The fourth-order valence-electron chi connectivity index (χ4n) is 0.859. The third-order valence-electron chi connectivity index (χ3n) is 1.48. The predicted octanol–water partition coefficient (Wildman–Crippen LogP) is 2.35. The number of rotatable bonds is 7. The lowest BCUT2D eigenvalue weighted by Gasteiger charge is -2.11. The zero-order valence-electron chi connectivity index (χ0n) is 7.12. The van der Waals surface area contributed by atoms with Crippen molar-refractivity contribution in [1.82, 2.24) is 5.01 Å². The van der Waals surface area contributed by atoms with Crippen molar-refractivity contribution in [2.75, 3.05) is 13.1 Å². The van der Waals surface area contributed by atoms with Crippen molar-refractivity contribution in [1.29, 1.82) is 0 Å². The highest BCUT2D eigenvalue weighted by atomic mass is 16.3. The van der Waals surface area contributed by atoms with E-state index in [0.29, 0.717) is 6.54 Å². The molecule has 0 saturated heterocycles. The van der Waals surface area contributed by atoms with Gasteiger partial charge in [-0.05, 0) is 6.42 Å². The van der Waals surface area contributed by atoms with Gasteiger partial charge in [0, 0.05) is 6.54 Å². The Morgan fingerprint density at radius 3 is 2.73 bits per heavy atom. The molecule has 0 fully saturated rings. The summed E-state index contributed by atoms with van der Waals surface area (Å²) < 4.78 is 0. The summed E-state index contributed by atoms with van der Waals surface area (Å²) in [5, 5.41) is 4.35. The predicted molar refractivity (Wildman–Crippen MR) is 47.1 cm³/mol. The highest BCUT2D eigenvalue weighted by molar-refractivity contribution is 4.70. The lowest BCUT2D eigenvalue weighted by Crippen LogP contribution is -2.17. The third-order valence-corrected chi connectivity index (χ3v) is 1.48. The molecular weight excluding hydrogens is 140 g/mol. The van der Waals surface area contributed by atoms with Gasteiger partial charge in [-0.2, -0.15) is 0 Å². The van der Waals surface area contributed by atoms with E-state index < -0.39 is 0 Å². The van der Waals surface area contributed by atoms with Gasteiger partial charge < -0.3 is 0 Å². The van der Waals surface area contributed by atoms with E-state index in [1.807, 2.05) is 0 Å². The number of nitroso groups, excluding NO2 is 1. The first-order valence-electron chi connectivity index (χ1n) is 4.04. The van der Waals surface area contributed by atoms with Crippen molar-refractivity contribution in [2.24, 2.45) is 5.29 Å². The Bertz CT molecular complexity index is 115. The van der Waals surface area contributed by atoms with Gasteiger partial charge in [0.05, 0.1) is 11.8 Å². The molecule has 0 atom stereocenters. The molecule has 0 rings (SSSR count). The van der Waals surface area contributed by atoms with Crippen LogP contribution < -0.4 is 0 Å². The third kappa shape index (κ3) is 5.58. The molecule has 0 N–H and O–H groups in total. The number of hydrogen-bond donors (Lipinski definition) is 0. The standard InChI is InChI=1S/C8H16N2O/c1-3-5-6-8-10(9-11)7-4-2/h4H,2-3,5-8H2,1H3. The van der Waals surface area contributed by atoms with Crippen LogP contribution in [-0.2, 0) is 0 Å². The summed E-state index contributed by atoms with van der Waals surface area (Å²) in [5.41, 5.74) is 0. The second-order valence-electron chi connectivity index (χ2n) is 2.49. The monoisotopic (exact) mass is 156 g/mol. The largest absolute Gasteiger partial charge is 0.257 e. The van der Waals surface area contributed by atoms with Crippen LogP contribution in [-0.4, -0.2) is 18.1 Å². The molecule has 0 heterocycles. The zero-order chi connectivity index (χ0) is 8.53. The molecule has 0 aromatic heterocycles. The van der Waals surface area contributed by atoms with E-state index in [1.54, 1.807) is 6.08 Å². The maximum Gasteiger partial charge on any atom is 0.0570 e. The average molecular weight is 156 g/mol. The first kappa shape index (κ1) is 10.1. The lowest BCUT2D eigenvalue weighted by atomic mass is 10.2. The van der Waals surface area contributed by atoms with E-state index in [4.69, 9.17) is 0 Å². The Kier molecular flexibility index (Phi) is 6.68. The summed E-state index contributed by atoms with van der Waals surface area (Å²) in [7, 11) is 0. The van der Waals surface area contributed by atoms with Gasteiger partial charge in [-0.1, -0.05) is 25.8 Å². The van der Waals surface area contributed by atoms with E-state index in [1.165, 1.54) is 11.4 Å². The topological polar surface area (TPSA) is 32.7 Å². The number of nitrogens with zero attached hydrogens (tertiary/aromatic N) is 2. The Labute approximate surface area is 68.0 Å². The van der Waals surface area contributed by atoms with Gasteiger partial charge >= 0.3 is 0 Å². The summed E-state index contributed by atoms with van der Waals surface area (Å²) in [6.45, 7) is 6.98. The first-order valence-corrected chi connectivity index (χ1v) is 4.04. The van der Waals surface area contributed by atoms with Crippen molar-refractivity contribution >= 4 is 0 Å². The molecule has 3 heteroatoms. The van der Waals surface area contributed by atoms with Crippen molar-refractivity contribution < 1.29 is 0 Å². The lowest BCUT2D eigenvalue weighted by molar-refractivity contribution is 0.307. The molecule has 0 unspecified atom stereocenters. The van der Waals surface area contributed by atoms with Crippen molar-refractivity contribution in [3.8, 4) is 0 Å². The minimum Gasteiger partial charge on any atom is -0.257 e. The van der Waals surface area contributed by atoms with Crippen LogP contribution in [0.15, 0.2) is 17.9 Å². The average Bonchev–Trinajstić information content (AvgIpc) is 2.03. The Hall–Kier alpha value is -0.860. The quantitative estimate of drug-likeness (QED) is 0.245. The summed E-state index contributed by atoms with van der Waals surface area (Å²) in [4.78, 5) is 10.1. The molecule has 0 aliphatic carbocycles. The molecule has 0 bridgehead atoms. The maximum atomic E-state index is 10.1. The molecular formula is C8H16N2O. The van der Waals surface area contributed by atoms with Crippen LogP contribution in [0.1, 0.15) is 26.2 Å². The molecule has 0 aliphatic heterocycles. The highest BCUT2D eigenvalue weighted by Crippen LogP contribution is 1.98. The van der Waals surface area contributed by atoms with E-state index >= 15 is 0 Å². The number of hydrogen-bond acceptors (Lipinski definition) is 2. The molecule has 3 nitrogen and oxygen atoms in total. The van der Waals surface area contributed by atoms with E-state index in [9.17, 15) is 4.91 Å². The van der Waals surface area contributed by atoms with Crippen LogP contribution in [0, 0.1) is 4.91 Å². The van der Waals surface area contributed by atoms with Gasteiger partial charge in [0.25, 0.3) is 0 Å². The normalized spacial score (nSPS) is 9.18. The molecule has 0 radical (unpaired) electrons. The van der Waals surface area contributed by atoms with Crippen molar-refractivity contribution in [2.45, 2.75) is 26.2 Å². The van der Waals surface area contributed by atoms with E-state index in [2.05, 4.69) is 18.8 Å². The maximum absolute atomic E-state index is 10.1. The molecule has 0 amide bonds. The van der Waals surface area contributed by atoms with Crippen LogP contribution in [0.4, 0.5) is 0 Å². The minimum absolute atomic E-state index is 0.563. The SMILES string of the molecule is C=CCN(CCCCC)N=O. The van der Waals surface area contributed by atoms with Crippen LogP contribution in [0.3, 0.4) is 0 Å². The zero-order valence-corrected chi connectivity index (χ0v) is 7.12. The Morgan fingerprint density at radius 2 is 2.27 bits per heavy atom. The Morgan fingerprint density at radius 1 is 1.55 bits per heavy atom. The van der Waals surface area contributed by atoms with Gasteiger partial charge in [0.15, 0.2) is 0 Å². The van der Waals surface area contributed by atoms with Crippen molar-refractivity contribution in [3.05, 3.63) is 17.6 Å². The van der Waals surface area contributed by atoms with E-state index in [0.717, 1.165) is 19.4 Å². The molecule has 0 saturated carbocycles. The summed E-state index contributed by atoms with van der Waals surface area (Å²) in [6.07, 6.45) is 5.05. The second kappa shape index (κ2) is 7.25. The molecule has 11 heavy (non-hydrogen) atoms. The smallest absolute Gasteiger partial charge is 0.0570 e. The van der Waals surface area contributed by atoms with E-state index in [-0.39, 0.29) is 0 Å². The fraction of sp³-hybridized carbons (Fsp3) is 0.750. The van der Waals surface area contributed by atoms with Crippen LogP contribution in [0.2, 0.25) is 0 Å². The van der Waals surface area contributed by atoms with Crippen LogP contribution in [0.5, 0.6) is 0 Å². The van der Waals surface area contributed by atoms with Crippen LogP contribution in [0.25, 0.3) is 0 Å². The molecule has 0 aliphatic rings. The first-order chi connectivity index (χ1) is 5.35. The molecule has 0 aromatic rings. The minimum atomic E-state index is 0.563. The second-order valence-corrected chi connectivity index (χ2v) is 2.49.